The highest BCUT2D eigenvalue weighted by molar-refractivity contribution is 4.79. The first kappa shape index (κ1) is 15.0. The van der Waals surface area contributed by atoms with Crippen LogP contribution in [0.5, 0.6) is 0 Å². The van der Waals surface area contributed by atoms with Crippen LogP contribution in [0.15, 0.2) is 0 Å². The molecule has 1 saturated carbocycles. The summed E-state index contributed by atoms with van der Waals surface area (Å²) >= 11 is 0. The maximum absolute atomic E-state index is 5.62. The monoisotopic (exact) mass is 241 g/mol. The zero-order valence-corrected chi connectivity index (χ0v) is 12.2. The van der Waals surface area contributed by atoms with Gasteiger partial charge in [0.25, 0.3) is 0 Å². The molecule has 1 aliphatic rings. The molecule has 1 rings (SSSR count). The molecular formula is C15H31NO. The van der Waals surface area contributed by atoms with Crippen molar-refractivity contribution in [3.05, 3.63) is 0 Å². The summed E-state index contributed by atoms with van der Waals surface area (Å²) in [5.74, 6) is 2.54. The molecule has 102 valence electrons. The summed E-state index contributed by atoms with van der Waals surface area (Å²) in [6.07, 6.45) is 5.25. The van der Waals surface area contributed by atoms with Crippen LogP contribution in [0.3, 0.4) is 0 Å². The predicted molar refractivity (Wildman–Crippen MR) is 74.2 cm³/mol. The molecule has 0 aromatic carbocycles. The highest BCUT2D eigenvalue weighted by atomic mass is 16.5. The third-order valence-corrected chi connectivity index (χ3v) is 4.12. The molecule has 17 heavy (non-hydrogen) atoms. The summed E-state index contributed by atoms with van der Waals surface area (Å²) in [7, 11) is 0. The van der Waals surface area contributed by atoms with Crippen molar-refractivity contribution in [1.82, 2.24) is 5.32 Å². The molecule has 0 aliphatic heterocycles. The van der Waals surface area contributed by atoms with E-state index in [9.17, 15) is 0 Å². The Morgan fingerprint density at radius 2 is 1.88 bits per heavy atom. The Kier molecular flexibility index (Phi) is 7.14. The lowest BCUT2D eigenvalue weighted by Crippen LogP contribution is -2.37. The fourth-order valence-electron chi connectivity index (χ4n) is 2.49. The van der Waals surface area contributed by atoms with E-state index in [4.69, 9.17) is 4.74 Å². The average molecular weight is 241 g/mol. The smallest absolute Gasteiger partial charge is 0.0591 e. The average Bonchev–Trinajstić information content (AvgIpc) is 2.27. The molecule has 0 amide bonds. The number of rotatable bonds is 7. The minimum Gasteiger partial charge on any atom is -0.380 e. The van der Waals surface area contributed by atoms with Gasteiger partial charge in [-0.3, -0.25) is 0 Å². The maximum atomic E-state index is 5.62. The van der Waals surface area contributed by atoms with Crippen LogP contribution in [0.25, 0.3) is 0 Å². The highest BCUT2D eigenvalue weighted by Crippen LogP contribution is 2.29. The fraction of sp³-hybridized carbons (Fsp3) is 1.00. The van der Waals surface area contributed by atoms with Gasteiger partial charge >= 0.3 is 0 Å². The van der Waals surface area contributed by atoms with E-state index in [2.05, 4.69) is 33.0 Å². The normalized spacial score (nSPS) is 29.8. The van der Waals surface area contributed by atoms with Gasteiger partial charge in [0.1, 0.15) is 0 Å². The Hall–Kier alpha value is -0.0800. The summed E-state index contributed by atoms with van der Waals surface area (Å²) in [4.78, 5) is 0. The van der Waals surface area contributed by atoms with Crippen LogP contribution in [-0.4, -0.2) is 25.8 Å². The summed E-state index contributed by atoms with van der Waals surface area (Å²) < 4.78 is 5.62. The quantitative estimate of drug-likeness (QED) is 0.689. The lowest BCUT2D eigenvalue weighted by molar-refractivity contribution is 0.119. The third-order valence-electron chi connectivity index (χ3n) is 4.12. The second-order valence-electron chi connectivity index (χ2n) is 6.21. The van der Waals surface area contributed by atoms with E-state index in [0.29, 0.717) is 0 Å². The molecule has 3 atom stereocenters. The Morgan fingerprint density at radius 1 is 1.12 bits per heavy atom. The molecule has 0 aromatic heterocycles. The molecule has 1 fully saturated rings. The molecule has 0 bridgehead atoms. The first-order valence-corrected chi connectivity index (χ1v) is 7.40. The van der Waals surface area contributed by atoms with Crippen LogP contribution < -0.4 is 5.32 Å². The van der Waals surface area contributed by atoms with Crippen LogP contribution in [0, 0.1) is 17.8 Å². The first-order chi connectivity index (χ1) is 8.09. The molecule has 1 N–H and O–H groups in total. The predicted octanol–water partition coefficient (Wildman–Crippen LogP) is 3.46. The summed E-state index contributed by atoms with van der Waals surface area (Å²) in [5.41, 5.74) is 0. The van der Waals surface area contributed by atoms with Crippen molar-refractivity contribution in [2.24, 2.45) is 17.8 Å². The van der Waals surface area contributed by atoms with Crippen LogP contribution >= 0.6 is 0 Å². The molecule has 1 aliphatic carbocycles. The van der Waals surface area contributed by atoms with E-state index in [0.717, 1.165) is 43.6 Å². The Labute approximate surface area is 108 Å². The third kappa shape index (κ3) is 6.42. The molecule has 0 heterocycles. The van der Waals surface area contributed by atoms with Crippen molar-refractivity contribution < 1.29 is 4.74 Å². The van der Waals surface area contributed by atoms with Crippen LogP contribution in [0.4, 0.5) is 0 Å². The van der Waals surface area contributed by atoms with Gasteiger partial charge in [-0.25, -0.2) is 0 Å². The lowest BCUT2D eigenvalue weighted by atomic mass is 9.79. The Balaban J connectivity index is 1.96. The van der Waals surface area contributed by atoms with Crippen LogP contribution in [0.1, 0.15) is 53.4 Å². The molecule has 0 radical (unpaired) electrons. The maximum Gasteiger partial charge on any atom is 0.0591 e. The second-order valence-corrected chi connectivity index (χ2v) is 6.21. The molecule has 3 unspecified atom stereocenters. The van der Waals surface area contributed by atoms with Crippen molar-refractivity contribution in [2.75, 3.05) is 19.8 Å². The van der Waals surface area contributed by atoms with Gasteiger partial charge in [0.15, 0.2) is 0 Å². The van der Waals surface area contributed by atoms with Gasteiger partial charge in [-0.1, -0.05) is 27.7 Å². The lowest BCUT2D eigenvalue weighted by Gasteiger charge is -2.32. The van der Waals surface area contributed by atoms with E-state index < -0.39 is 0 Å². The van der Waals surface area contributed by atoms with E-state index in [-0.39, 0.29) is 0 Å². The molecule has 2 heteroatoms. The van der Waals surface area contributed by atoms with Gasteiger partial charge in [0, 0.05) is 19.2 Å². The van der Waals surface area contributed by atoms with Gasteiger partial charge in [0.2, 0.25) is 0 Å². The van der Waals surface area contributed by atoms with Gasteiger partial charge in [-0.15, -0.1) is 0 Å². The summed E-state index contributed by atoms with van der Waals surface area (Å²) in [6.45, 7) is 12.1. The Bertz CT molecular complexity index is 193. The van der Waals surface area contributed by atoms with Crippen molar-refractivity contribution in [3.8, 4) is 0 Å². The van der Waals surface area contributed by atoms with E-state index >= 15 is 0 Å². The van der Waals surface area contributed by atoms with Crippen molar-refractivity contribution in [2.45, 2.75) is 59.4 Å². The number of ether oxygens (including phenoxy) is 1. The van der Waals surface area contributed by atoms with E-state index in [1.165, 1.54) is 25.7 Å². The highest BCUT2D eigenvalue weighted by Gasteiger charge is 2.23. The SMILES string of the molecule is CC(C)CCOCCNC1CCC(C)C(C)C1. The number of hydrogen-bond donors (Lipinski definition) is 1. The van der Waals surface area contributed by atoms with Gasteiger partial charge in [-0.05, 0) is 43.4 Å². The molecule has 0 saturated heterocycles. The second kappa shape index (κ2) is 8.10. The topological polar surface area (TPSA) is 21.3 Å². The first-order valence-electron chi connectivity index (χ1n) is 7.40. The minimum atomic E-state index is 0.731. The largest absolute Gasteiger partial charge is 0.380 e. The molecule has 0 aromatic rings. The number of hydrogen-bond acceptors (Lipinski definition) is 2. The number of nitrogens with one attached hydrogen (secondary N) is 1. The van der Waals surface area contributed by atoms with Gasteiger partial charge < -0.3 is 10.1 Å². The standard InChI is InChI=1S/C15H31NO/c1-12(2)7-9-17-10-8-16-15-6-5-13(3)14(4)11-15/h12-16H,5-11H2,1-4H3. The van der Waals surface area contributed by atoms with Crippen LogP contribution in [0.2, 0.25) is 0 Å². The fourth-order valence-corrected chi connectivity index (χ4v) is 2.49. The van der Waals surface area contributed by atoms with Gasteiger partial charge in [0.05, 0.1) is 6.61 Å². The van der Waals surface area contributed by atoms with Crippen LogP contribution in [-0.2, 0) is 4.74 Å². The zero-order chi connectivity index (χ0) is 12.7. The summed E-state index contributed by atoms with van der Waals surface area (Å²) in [6, 6.07) is 0.731. The Morgan fingerprint density at radius 3 is 2.53 bits per heavy atom. The molecule has 2 nitrogen and oxygen atoms in total. The minimum absolute atomic E-state index is 0.731. The van der Waals surface area contributed by atoms with Crippen molar-refractivity contribution in [3.63, 3.8) is 0 Å². The van der Waals surface area contributed by atoms with Crippen molar-refractivity contribution in [1.29, 1.82) is 0 Å². The molecule has 0 spiro atoms. The van der Waals surface area contributed by atoms with Crippen molar-refractivity contribution >= 4 is 0 Å². The van der Waals surface area contributed by atoms with E-state index in [1.807, 2.05) is 0 Å². The molecular weight excluding hydrogens is 210 g/mol. The summed E-state index contributed by atoms with van der Waals surface area (Å²) in [5, 5.41) is 3.64. The van der Waals surface area contributed by atoms with Gasteiger partial charge in [-0.2, -0.15) is 0 Å². The zero-order valence-electron chi connectivity index (χ0n) is 12.2. The van der Waals surface area contributed by atoms with E-state index in [1.54, 1.807) is 0 Å².